The van der Waals surface area contributed by atoms with Crippen molar-refractivity contribution < 1.29 is 19.7 Å². The van der Waals surface area contributed by atoms with Gasteiger partial charge in [0.2, 0.25) is 0 Å². The van der Waals surface area contributed by atoms with Crippen LogP contribution in [0.1, 0.15) is 45.4 Å². The average Bonchev–Trinajstić information content (AvgIpc) is 2.09. The zero-order valence-electron chi connectivity index (χ0n) is 10.7. The van der Waals surface area contributed by atoms with Gasteiger partial charge in [-0.2, -0.15) is 0 Å². The first-order valence-electron chi connectivity index (χ1n) is 6.57. The lowest BCUT2D eigenvalue weighted by Crippen LogP contribution is -2.66. The molecule has 100 valence electrons. The zero-order valence-corrected chi connectivity index (χ0v) is 10.7. The normalized spacial score (nSPS) is 49.2. The van der Waals surface area contributed by atoms with E-state index < -0.39 is 22.8 Å². The van der Waals surface area contributed by atoms with Gasteiger partial charge in [0.15, 0.2) is 0 Å². The minimum atomic E-state index is -0.858. The molecule has 4 saturated carbocycles. The molecule has 0 amide bonds. The first-order chi connectivity index (χ1) is 8.23. The van der Waals surface area contributed by atoms with Crippen molar-refractivity contribution in [3.63, 3.8) is 0 Å². The van der Waals surface area contributed by atoms with E-state index in [1.807, 2.05) is 0 Å². The van der Waals surface area contributed by atoms with Crippen LogP contribution in [0.3, 0.4) is 0 Å². The summed E-state index contributed by atoms with van der Waals surface area (Å²) >= 11 is 0. The Balaban J connectivity index is 1.89. The quantitative estimate of drug-likeness (QED) is 0.574. The summed E-state index contributed by atoms with van der Waals surface area (Å²) in [7, 11) is 0. The first kappa shape index (κ1) is 12.2. The highest BCUT2D eigenvalue weighted by atomic mass is 16.6. The van der Waals surface area contributed by atoms with E-state index in [1.54, 1.807) is 6.92 Å². The van der Waals surface area contributed by atoms with Crippen molar-refractivity contribution in [1.82, 2.24) is 0 Å². The molecular formula is C14H20O4. The minimum absolute atomic E-state index is 0.258. The monoisotopic (exact) mass is 252 g/mol. The highest BCUT2D eigenvalue weighted by Gasteiger charge is 2.64. The Labute approximate surface area is 107 Å². The van der Waals surface area contributed by atoms with Crippen molar-refractivity contribution in [3.05, 3.63) is 12.2 Å². The summed E-state index contributed by atoms with van der Waals surface area (Å²) in [5.41, 5.74) is -2.03. The van der Waals surface area contributed by atoms with Gasteiger partial charge >= 0.3 is 5.97 Å². The summed E-state index contributed by atoms with van der Waals surface area (Å²) < 4.78 is 5.58. The number of carbonyl (C=O) groups is 1. The SMILES string of the molecule is C=C(C)C(=O)OC12C[C@H]3CC(O)(C1)C[C@@](O)(C3)C2. The fourth-order valence-electron chi connectivity index (χ4n) is 4.65. The maximum absolute atomic E-state index is 11.8. The van der Waals surface area contributed by atoms with Crippen molar-refractivity contribution in [2.45, 2.75) is 62.3 Å². The Bertz CT molecular complexity index is 410. The van der Waals surface area contributed by atoms with Crippen LogP contribution in [0.25, 0.3) is 0 Å². The molecule has 2 N–H and O–H groups in total. The van der Waals surface area contributed by atoms with Crippen LogP contribution in [0.4, 0.5) is 0 Å². The van der Waals surface area contributed by atoms with Gasteiger partial charge in [-0.05, 0) is 32.1 Å². The molecule has 0 aromatic rings. The molecule has 0 aromatic heterocycles. The van der Waals surface area contributed by atoms with Gasteiger partial charge < -0.3 is 14.9 Å². The van der Waals surface area contributed by atoms with Crippen molar-refractivity contribution in [1.29, 1.82) is 0 Å². The summed E-state index contributed by atoms with van der Waals surface area (Å²) in [4.78, 5) is 11.8. The number of aliphatic hydroxyl groups is 2. The predicted octanol–water partition coefficient (Wildman–Crippen LogP) is 1.30. The molecule has 0 aliphatic heterocycles. The molecule has 4 fully saturated rings. The van der Waals surface area contributed by atoms with Crippen LogP contribution in [-0.2, 0) is 9.53 Å². The van der Waals surface area contributed by atoms with Gasteiger partial charge in [0.25, 0.3) is 0 Å². The molecule has 0 radical (unpaired) electrons. The van der Waals surface area contributed by atoms with Crippen molar-refractivity contribution in [3.8, 4) is 0 Å². The van der Waals surface area contributed by atoms with E-state index in [9.17, 15) is 15.0 Å². The molecule has 4 nitrogen and oxygen atoms in total. The molecule has 0 aromatic carbocycles. The van der Waals surface area contributed by atoms with E-state index in [0.717, 1.165) is 19.3 Å². The predicted molar refractivity (Wildman–Crippen MR) is 64.7 cm³/mol. The number of hydrogen-bond donors (Lipinski definition) is 2. The minimum Gasteiger partial charge on any atom is -0.455 e. The van der Waals surface area contributed by atoms with Gasteiger partial charge in [-0.15, -0.1) is 0 Å². The van der Waals surface area contributed by atoms with Crippen LogP contribution < -0.4 is 0 Å². The number of esters is 1. The Hall–Kier alpha value is -0.870. The van der Waals surface area contributed by atoms with Crippen LogP contribution in [0.2, 0.25) is 0 Å². The molecule has 4 aliphatic rings. The third-order valence-corrected chi connectivity index (χ3v) is 4.62. The van der Waals surface area contributed by atoms with Gasteiger partial charge in [0.1, 0.15) is 5.60 Å². The maximum atomic E-state index is 11.8. The van der Waals surface area contributed by atoms with E-state index in [-0.39, 0.29) is 5.92 Å². The highest BCUT2D eigenvalue weighted by Crippen LogP contribution is 2.60. The Morgan fingerprint density at radius 1 is 1.17 bits per heavy atom. The summed E-state index contributed by atoms with van der Waals surface area (Å²) in [6.07, 6.45) is 3.54. The third-order valence-electron chi connectivity index (χ3n) is 4.62. The van der Waals surface area contributed by atoms with Gasteiger partial charge in [0.05, 0.1) is 11.2 Å². The lowest BCUT2D eigenvalue weighted by molar-refractivity contribution is -0.259. The molecular weight excluding hydrogens is 232 g/mol. The fraction of sp³-hybridized carbons (Fsp3) is 0.786. The van der Waals surface area contributed by atoms with E-state index >= 15 is 0 Å². The molecule has 4 heteroatoms. The average molecular weight is 252 g/mol. The molecule has 18 heavy (non-hydrogen) atoms. The molecule has 0 saturated heterocycles. The molecule has 4 rings (SSSR count). The lowest BCUT2D eigenvalue weighted by atomic mass is 9.50. The van der Waals surface area contributed by atoms with E-state index in [4.69, 9.17) is 4.74 Å². The Kier molecular flexibility index (Phi) is 2.28. The fourth-order valence-corrected chi connectivity index (χ4v) is 4.65. The third kappa shape index (κ3) is 1.79. The molecule has 0 spiro atoms. The van der Waals surface area contributed by atoms with Crippen molar-refractivity contribution in [2.24, 2.45) is 5.92 Å². The first-order valence-corrected chi connectivity index (χ1v) is 6.57. The van der Waals surface area contributed by atoms with E-state index in [1.165, 1.54) is 0 Å². The smallest absolute Gasteiger partial charge is 0.333 e. The molecule has 4 aliphatic carbocycles. The molecule has 0 heterocycles. The van der Waals surface area contributed by atoms with E-state index in [2.05, 4.69) is 6.58 Å². The second-order valence-electron chi connectivity index (χ2n) is 6.81. The largest absolute Gasteiger partial charge is 0.455 e. The lowest BCUT2D eigenvalue weighted by Gasteiger charge is -2.62. The standard InChI is InChI=1S/C14H20O4/c1-9(2)11(15)18-14-5-10-3-12(16,7-14)6-13(17,4-10)8-14/h10,16-17H,1,3-8H2,2H3/t10-,12+,13?,14?/m1/s1. The summed E-state index contributed by atoms with van der Waals surface area (Å²) in [5.74, 6) is -0.154. The van der Waals surface area contributed by atoms with Gasteiger partial charge in [-0.1, -0.05) is 6.58 Å². The van der Waals surface area contributed by atoms with E-state index in [0.29, 0.717) is 24.8 Å². The number of hydrogen-bond acceptors (Lipinski definition) is 4. The van der Waals surface area contributed by atoms with Crippen molar-refractivity contribution >= 4 is 5.97 Å². The molecule has 4 atom stereocenters. The second kappa shape index (κ2) is 3.36. The van der Waals surface area contributed by atoms with Gasteiger partial charge in [0, 0.05) is 24.8 Å². The summed E-state index contributed by atoms with van der Waals surface area (Å²) in [6, 6.07) is 0. The van der Waals surface area contributed by atoms with Crippen LogP contribution in [0, 0.1) is 5.92 Å². The van der Waals surface area contributed by atoms with Gasteiger partial charge in [-0.3, -0.25) is 0 Å². The van der Waals surface area contributed by atoms with Gasteiger partial charge in [-0.25, -0.2) is 4.79 Å². The highest BCUT2D eigenvalue weighted by molar-refractivity contribution is 5.87. The summed E-state index contributed by atoms with van der Waals surface area (Å²) in [6.45, 7) is 5.21. The van der Waals surface area contributed by atoms with Crippen LogP contribution >= 0.6 is 0 Å². The topological polar surface area (TPSA) is 66.8 Å². The number of rotatable bonds is 2. The van der Waals surface area contributed by atoms with Crippen LogP contribution in [0.5, 0.6) is 0 Å². The summed E-state index contributed by atoms with van der Waals surface area (Å²) in [5, 5.41) is 21.0. The van der Waals surface area contributed by atoms with Crippen molar-refractivity contribution in [2.75, 3.05) is 0 Å². The van der Waals surface area contributed by atoms with Crippen LogP contribution in [0.15, 0.2) is 12.2 Å². The molecule has 4 bridgehead atoms. The maximum Gasteiger partial charge on any atom is 0.333 e. The zero-order chi connectivity index (χ0) is 13.2. The molecule has 2 unspecified atom stereocenters. The number of carbonyl (C=O) groups excluding carboxylic acids is 1. The Morgan fingerprint density at radius 3 is 2.17 bits per heavy atom. The second-order valence-corrected chi connectivity index (χ2v) is 6.81. The van der Waals surface area contributed by atoms with Crippen LogP contribution in [-0.4, -0.2) is 33.0 Å². The number of ether oxygens (including phenoxy) is 1. The Morgan fingerprint density at radius 2 is 1.72 bits per heavy atom.